The molecule has 0 spiro atoms. The van der Waals surface area contributed by atoms with Gasteiger partial charge in [0, 0.05) is 13.1 Å². The van der Waals surface area contributed by atoms with E-state index in [9.17, 15) is 14.7 Å². The Hall–Kier alpha value is -2.72. The number of thioether (sulfide) groups is 1. The molecule has 1 aromatic heterocycles. The zero-order valence-electron chi connectivity index (χ0n) is 17.4. The first-order valence-corrected chi connectivity index (χ1v) is 10.5. The van der Waals surface area contributed by atoms with E-state index in [0.29, 0.717) is 41.9 Å². The molecular weight excluding hydrogens is 408 g/mol. The van der Waals surface area contributed by atoms with E-state index < -0.39 is 0 Å². The van der Waals surface area contributed by atoms with Crippen LogP contribution in [0.2, 0.25) is 0 Å². The molecule has 0 radical (unpaired) electrons. The molecule has 0 aliphatic rings. The number of carbonyl (C=O) groups excluding carboxylic acids is 2. The Morgan fingerprint density at radius 1 is 1.17 bits per heavy atom. The quantitative estimate of drug-likeness (QED) is 0.425. The van der Waals surface area contributed by atoms with Crippen molar-refractivity contribution in [3.05, 3.63) is 35.7 Å². The molecule has 0 saturated heterocycles. The standard InChI is InChI=1S/C20H28N4O5S/c1-4-21-18(26)11-24-15(12-25)10-23-20(24)30-13-19(27)22-8-7-14-5-6-16(28-2)17(9-14)29-3/h5-6,9-10,25H,4,7-8,11-13H2,1-3H3,(H,21,26)(H,22,27). The van der Waals surface area contributed by atoms with Crippen LogP contribution < -0.4 is 20.1 Å². The van der Waals surface area contributed by atoms with Gasteiger partial charge in [0.05, 0.1) is 38.5 Å². The second-order valence-corrected chi connectivity index (χ2v) is 7.25. The Labute approximate surface area is 180 Å². The highest BCUT2D eigenvalue weighted by molar-refractivity contribution is 7.99. The number of benzene rings is 1. The minimum Gasteiger partial charge on any atom is -0.493 e. The van der Waals surface area contributed by atoms with E-state index in [2.05, 4.69) is 15.6 Å². The molecule has 30 heavy (non-hydrogen) atoms. The number of likely N-dealkylation sites (N-methyl/N-ethyl adjacent to an activating group) is 1. The van der Waals surface area contributed by atoms with Crippen molar-refractivity contribution in [1.29, 1.82) is 0 Å². The molecule has 2 aromatic rings. The number of aromatic nitrogens is 2. The molecule has 9 nitrogen and oxygen atoms in total. The van der Waals surface area contributed by atoms with Crippen LogP contribution in [0.4, 0.5) is 0 Å². The van der Waals surface area contributed by atoms with E-state index in [4.69, 9.17) is 9.47 Å². The van der Waals surface area contributed by atoms with E-state index in [1.165, 1.54) is 18.0 Å². The molecule has 10 heteroatoms. The third kappa shape index (κ3) is 6.67. The lowest BCUT2D eigenvalue weighted by Crippen LogP contribution is -2.29. The van der Waals surface area contributed by atoms with E-state index in [1.807, 2.05) is 25.1 Å². The number of nitrogens with zero attached hydrogens (tertiary/aromatic N) is 2. The lowest BCUT2D eigenvalue weighted by Gasteiger charge is -2.11. The Bertz CT molecular complexity index is 856. The first-order chi connectivity index (χ1) is 14.5. The van der Waals surface area contributed by atoms with Crippen LogP contribution in [0, 0.1) is 0 Å². The molecule has 1 aromatic carbocycles. The SMILES string of the molecule is CCNC(=O)Cn1c(CO)cnc1SCC(=O)NCCc1ccc(OC)c(OC)c1. The molecular formula is C20H28N4O5S. The van der Waals surface area contributed by atoms with E-state index in [1.54, 1.807) is 18.8 Å². The number of methoxy groups -OCH3 is 2. The fourth-order valence-corrected chi connectivity index (χ4v) is 3.59. The van der Waals surface area contributed by atoms with Crippen LogP contribution >= 0.6 is 11.8 Å². The van der Waals surface area contributed by atoms with Gasteiger partial charge in [-0.25, -0.2) is 4.98 Å². The lowest BCUT2D eigenvalue weighted by molar-refractivity contribution is -0.121. The van der Waals surface area contributed by atoms with Crippen LogP contribution in [0.5, 0.6) is 11.5 Å². The number of aliphatic hydroxyl groups is 1. The van der Waals surface area contributed by atoms with Crippen molar-refractivity contribution in [2.75, 3.05) is 33.1 Å². The molecule has 3 N–H and O–H groups in total. The summed E-state index contributed by atoms with van der Waals surface area (Å²) in [7, 11) is 3.17. The molecule has 1 heterocycles. The van der Waals surface area contributed by atoms with Gasteiger partial charge >= 0.3 is 0 Å². The highest BCUT2D eigenvalue weighted by Crippen LogP contribution is 2.27. The summed E-state index contributed by atoms with van der Waals surface area (Å²) in [5, 5.41) is 15.5. The van der Waals surface area contributed by atoms with E-state index in [-0.39, 0.29) is 30.7 Å². The topological polar surface area (TPSA) is 115 Å². The zero-order valence-corrected chi connectivity index (χ0v) is 18.3. The maximum atomic E-state index is 12.2. The van der Waals surface area contributed by atoms with Crippen LogP contribution in [-0.2, 0) is 29.2 Å². The van der Waals surface area contributed by atoms with Crippen molar-refractivity contribution in [3.8, 4) is 11.5 Å². The monoisotopic (exact) mass is 436 g/mol. The van der Waals surface area contributed by atoms with Gasteiger partial charge in [-0.3, -0.25) is 9.59 Å². The van der Waals surface area contributed by atoms with Gasteiger partial charge in [0.25, 0.3) is 0 Å². The number of amides is 2. The summed E-state index contributed by atoms with van der Waals surface area (Å²) in [6.07, 6.45) is 2.16. The first kappa shape index (κ1) is 23.6. The lowest BCUT2D eigenvalue weighted by atomic mass is 10.1. The average Bonchev–Trinajstić information content (AvgIpc) is 3.13. The fourth-order valence-electron chi connectivity index (χ4n) is 2.76. The molecule has 0 bridgehead atoms. The number of hydrogen-bond donors (Lipinski definition) is 3. The Kier molecular flexibility index (Phi) is 9.49. The van der Waals surface area contributed by atoms with Gasteiger partial charge in [0.2, 0.25) is 11.8 Å². The predicted octanol–water partition coefficient (Wildman–Crippen LogP) is 0.980. The highest BCUT2D eigenvalue weighted by Gasteiger charge is 2.14. The van der Waals surface area contributed by atoms with Crippen LogP contribution in [0.15, 0.2) is 29.6 Å². The smallest absolute Gasteiger partial charge is 0.240 e. The maximum Gasteiger partial charge on any atom is 0.240 e. The molecule has 0 atom stereocenters. The van der Waals surface area contributed by atoms with Crippen LogP contribution in [0.3, 0.4) is 0 Å². The number of carbonyl (C=O) groups is 2. The third-order valence-electron chi connectivity index (χ3n) is 4.26. The van der Waals surface area contributed by atoms with Crippen LogP contribution in [0.25, 0.3) is 0 Å². The van der Waals surface area contributed by atoms with Crippen LogP contribution in [0.1, 0.15) is 18.2 Å². The summed E-state index contributed by atoms with van der Waals surface area (Å²) < 4.78 is 12.1. The summed E-state index contributed by atoms with van der Waals surface area (Å²) in [6, 6.07) is 5.64. The van der Waals surface area contributed by atoms with Gasteiger partial charge in [-0.2, -0.15) is 0 Å². The molecule has 164 valence electrons. The van der Waals surface area contributed by atoms with Crippen molar-refractivity contribution >= 4 is 23.6 Å². The molecule has 0 fully saturated rings. The number of hydrogen-bond acceptors (Lipinski definition) is 7. The van der Waals surface area contributed by atoms with Crippen molar-refractivity contribution in [1.82, 2.24) is 20.2 Å². The zero-order chi connectivity index (χ0) is 21.9. The van der Waals surface area contributed by atoms with Gasteiger partial charge in [-0.1, -0.05) is 17.8 Å². The fraction of sp³-hybridized carbons (Fsp3) is 0.450. The summed E-state index contributed by atoms with van der Waals surface area (Å²) in [5.74, 6) is 1.15. The number of imidazole rings is 1. The molecule has 2 rings (SSSR count). The largest absolute Gasteiger partial charge is 0.493 e. The van der Waals surface area contributed by atoms with Gasteiger partial charge < -0.3 is 29.8 Å². The van der Waals surface area contributed by atoms with Gasteiger partial charge in [0.15, 0.2) is 16.7 Å². The Morgan fingerprint density at radius 3 is 2.60 bits per heavy atom. The van der Waals surface area contributed by atoms with E-state index >= 15 is 0 Å². The molecule has 0 saturated carbocycles. The minimum atomic E-state index is -0.232. The van der Waals surface area contributed by atoms with Gasteiger partial charge in [-0.15, -0.1) is 0 Å². The first-order valence-electron chi connectivity index (χ1n) is 9.54. The number of aliphatic hydroxyl groups excluding tert-OH is 1. The summed E-state index contributed by atoms with van der Waals surface area (Å²) in [4.78, 5) is 28.3. The second-order valence-electron chi connectivity index (χ2n) is 6.31. The van der Waals surface area contributed by atoms with E-state index in [0.717, 1.165) is 5.56 Å². The summed E-state index contributed by atoms with van der Waals surface area (Å²) in [5.41, 5.74) is 1.54. The van der Waals surface area contributed by atoms with Crippen molar-refractivity contribution in [2.45, 2.75) is 31.7 Å². The van der Waals surface area contributed by atoms with Gasteiger partial charge in [0.1, 0.15) is 6.54 Å². The molecule has 0 aliphatic carbocycles. The summed E-state index contributed by atoms with van der Waals surface area (Å²) >= 11 is 1.22. The number of ether oxygens (including phenoxy) is 2. The minimum absolute atomic E-state index is 0.0486. The maximum absolute atomic E-state index is 12.2. The summed E-state index contributed by atoms with van der Waals surface area (Å²) in [6.45, 7) is 2.65. The predicted molar refractivity (Wildman–Crippen MR) is 114 cm³/mol. The Morgan fingerprint density at radius 2 is 1.93 bits per heavy atom. The van der Waals surface area contributed by atoms with Crippen molar-refractivity contribution in [2.24, 2.45) is 0 Å². The van der Waals surface area contributed by atoms with Crippen molar-refractivity contribution < 1.29 is 24.2 Å². The highest BCUT2D eigenvalue weighted by atomic mass is 32.2. The van der Waals surface area contributed by atoms with Gasteiger partial charge in [-0.05, 0) is 31.0 Å². The normalized spacial score (nSPS) is 10.5. The number of rotatable bonds is 12. The third-order valence-corrected chi connectivity index (χ3v) is 5.25. The second kappa shape index (κ2) is 12.1. The number of nitrogens with one attached hydrogen (secondary N) is 2. The van der Waals surface area contributed by atoms with Crippen molar-refractivity contribution in [3.63, 3.8) is 0 Å². The molecule has 0 unspecified atom stereocenters. The average molecular weight is 437 g/mol. The molecule has 0 aliphatic heterocycles. The van der Waals surface area contributed by atoms with Crippen LogP contribution in [-0.4, -0.2) is 59.5 Å². The molecule has 2 amide bonds. The Balaban J connectivity index is 1.85.